The number of amides is 2. The second-order valence-electron chi connectivity index (χ2n) is 9.89. The fourth-order valence-electron chi connectivity index (χ4n) is 3.31. The number of unbranched alkanes of at least 4 members (excludes halogenated alkanes) is 1. The first-order valence-corrected chi connectivity index (χ1v) is 13.9. The summed E-state index contributed by atoms with van der Waals surface area (Å²) in [5.41, 5.74) is -1.00. The maximum absolute atomic E-state index is 14.5. The van der Waals surface area contributed by atoms with Gasteiger partial charge in [0.25, 0.3) is 5.56 Å². The third-order valence-corrected chi connectivity index (χ3v) is 5.58. The Labute approximate surface area is 253 Å². The number of carbonyl (C=O) groups excluding carboxylic acids is 2. The molecule has 2 amide bonds. The Morgan fingerprint density at radius 3 is 2.41 bits per heavy atom. The van der Waals surface area contributed by atoms with Gasteiger partial charge in [0.1, 0.15) is 11.9 Å². The van der Waals surface area contributed by atoms with Crippen LogP contribution in [0.4, 0.5) is 32.4 Å². The number of hydrogen-bond acceptors (Lipinski definition) is 7. The second-order valence-corrected chi connectivity index (χ2v) is 9.89. The number of ether oxygens (including phenoxy) is 2. The molecule has 0 radical (unpaired) electrons. The van der Waals surface area contributed by atoms with Gasteiger partial charge in [-0.25, -0.2) is 15.0 Å². The van der Waals surface area contributed by atoms with Crippen molar-refractivity contribution in [1.82, 2.24) is 14.9 Å². The molecule has 4 N–H and O–H groups in total. The van der Waals surface area contributed by atoms with E-state index >= 15 is 0 Å². The summed E-state index contributed by atoms with van der Waals surface area (Å²) in [5.74, 6) is 3.49. The summed E-state index contributed by atoms with van der Waals surface area (Å²) in [4.78, 5) is 36.1. The molecule has 0 saturated heterocycles. The number of alkyl halides is 4. The first kappa shape index (κ1) is 37.9. The number of nitrogens with one attached hydrogen (secondary N) is 2. The number of pyridine rings is 1. The van der Waals surface area contributed by atoms with Crippen LogP contribution in [0.2, 0.25) is 0 Å². The van der Waals surface area contributed by atoms with Crippen molar-refractivity contribution in [1.29, 1.82) is 0 Å². The summed E-state index contributed by atoms with van der Waals surface area (Å²) in [6, 6.07) is 6.22. The quantitative estimate of drug-likeness (QED) is 0.111. The van der Waals surface area contributed by atoms with Crippen molar-refractivity contribution in [3.63, 3.8) is 0 Å². The minimum atomic E-state index is -4.85. The number of nitrogens with zero attached hydrogens (tertiary/aromatic N) is 2. The molecule has 0 aliphatic heterocycles. The van der Waals surface area contributed by atoms with E-state index < -0.39 is 47.8 Å². The zero-order valence-electron chi connectivity index (χ0n) is 25.3. The van der Waals surface area contributed by atoms with Crippen molar-refractivity contribution >= 4 is 17.7 Å². The van der Waals surface area contributed by atoms with Gasteiger partial charge >= 0.3 is 12.5 Å². The van der Waals surface area contributed by atoms with Gasteiger partial charge in [-0.15, -0.1) is 13.2 Å². The van der Waals surface area contributed by atoms with E-state index in [0.717, 1.165) is 27.8 Å². The fourth-order valence-corrected chi connectivity index (χ4v) is 3.31. The van der Waals surface area contributed by atoms with Crippen LogP contribution in [0.3, 0.4) is 0 Å². The lowest BCUT2D eigenvalue weighted by molar-refractivity contribution is -0.274. The molecule has 1 heterocycles. The molecule has 15 heteroatoms. The van der Waals surface area contributed by atoms with E-state index in [0.29, 0.717) is 5.56 Å². The Morgan fingerprint density at radius 1 is 1.16 bits per heavy atom. The number of hydrogen-bond donors (Lipinski definition) is 3. The molecule has 0 saturated carbocycles. The lowest BCUT2D eigenvalue weighted by Gasteiger charge is -2.18. The molecule has 1 aromatic heterocycles. The average molecular weight is 634 g/mol. The summed E-state index contributed by atoms with van der Waals surface area (Å²) in [5, 5.41) is 5.55. The van der Waals surface area contributed by atoms with Gasteiger partial charge in [-0.2, -0.15) is 4.39 Å². The number of anilines is 1. The molecule has 1 atom stereocenters. The molecular formula is C29H40F5N5O5. The third-order valence-electron chi connectivity index (χ3n) is 5.58. The highest BCUT2D eigenvalue weighted by Crippen LogP contribution is 2.23. The van der Waals surface area contributed by atoms with Crippen LogP contribution in [0.5, 0.6) is 5.75 Å². The van der Waals surface area contributed by atoms with Crippen LogP contribution in [0.1, 0.15) is 59.4 Å². The van der Waals surface area contributed by atoms with E-state index in [4.69, 9.17) is 10.6 Å². The van der Waals surface area contributed by atoms with E-state index in [9.17, 15) is 36.3 Å². The van der Waals surface area contributed by atoms with Crippen LogP contribution in [-0.4, -0.2) is 46.8 Å². The van der Waals surface area contributed by atoms with Gasteiger partial charge < -0.3 is 24.4 Å². The topological polar surface area (TPSA) is 128 Å². The van der Waals surface area contributed by atoms with E-state index in [1.165, 1.54) is 44.3 Å². The highest BCUT2D eigenvalue weighted by Gasteiger charge is 2.31. The van der Waals surface area contributed by atoms with Crippen molar-refractivity contribution in [2.75, 3.05) is 11.9 Å². The van der Waals surface area contributed by atoms with Gasteiger partial charge in [-0.3, -0.25) is 14.9 Å². The number of carbonyl (C=O) groups is 2. The smallest absolute Gasteiger partial charge is 0.447 e. The van der Waals surface area contributed by atoms with Crippen molar-refractivity contribution in [3.8, 4) is 5.75 Å². The molecule has 44 heavy (non-hydrogen) atoms. The monoisotopic (exact) mass is 633 g/mol. The van der Waals surface area contributed by atoms with E-state index in [1.807, 2.05) is 0 Å². The second kappa shape index (κ2) is 18.5. The molecule has 0 aliphatic rings. The Hall–Kier alpha value is -4.14. The predicted octanol–water partition coefficient (Wildman–Crippen LogP) is 5.77. The van der Waals surface area contributed by atoms with Gasteiger partial charge in [-0.1, -0.05) is 38.8 Å². The molecular weight excluding hydrogens is 593 g/mol. The molecule has 0 aliphatic carbocycles. The van der Waals surface area contributed by atoms with Crippen LogP contribution < -0.4 is 26.8 Å². The van der Waals surface area contributed by atoms with E-state index in [1.54, 1.807) is 13.8 Å². The molecule has 1 aromatic carbocycles. The molecule has 0 bridgehead atoms. The van der Waals surface area contributed by atoms with Gasteiger partial charge in [-0.05, 0) is 51.0 Å². The van der Waals surface area contributed by atoms with E-state index in [-0.39, 0.29) is 37.3 Å². The Kier molecular flexibility index (Phi) is 15.9. The Bertz CT molecular complexity index is 1300. The Balaban J connectivity index is 0.00000227. The number of nitrogens with two attached hydrogens (primary N) is 1. The summed E-state index contributed by atoms with van der Waals surface area (Å²) in [6.07, 6.45) is -3.01. The first-order valence-electron chi connectivity index (χ1n) is 13.9. The van der Waals surface area contributed by atoms with Crippen LogP contribution in [-0.2, 0) is 22.6 Å². The highest BCUT2D eigenvalue weighted by atomic mass is 19.4. The molecule has 0 spiro atoms. The molecule has 246 valence electrons. The largest absolute Gasteiger partial charge is 0.573 e. The Morgan fingerprint density at radius 2 is 1.82 bits per heavy atom. The normalized spacial score (nSPS) is 12.1. The molecule has 2 aromatic rings. The van der Waals surface area contributed by atoms with Crippen LogP contribution in [0.25, 0.3) is 0 Å². The number of halogens is 5. The number of aryl methyl sites for hydroxylation is 1. The zero-order valence-corrected chi connectivity index (χ0v) is 25.3. The maximum atomic E-state index is 14.5. The SMILES string of the molecule is C/C(=C\N(N)CC(F)CCn1ccc(NC(=O)OC(C)C)c(F)c1=O)C(=O)NCc1cccc(OC(F)(F)F)c1.CCCC. The van der Waals surface area contributed by atoms with Crippen LogP contribution in [0, 0.1) is 5.82 Å². The highest BCUT2D eigenvalue weighted by molar-refractivity contribution is 5.92. The van der Waals surface area contributed by atoms with Crippen molar-refractivity contribution < 1.29 is 41.0 Å². The summed E-state index contributed by atoms with van der Waals surface area (Å²) < 4.78 is 75.5. The minimum absolute atomic E-state index is 0.0924. The third kappa shape index (κ3) is 14.8. The number of hydrazine groups is 1. The van der Waals surface area contributed by atoms with Crippen molar-refractivity contribution in [2.24, 2.45) is 5.84 Å². The number of aromatic nitrogens is 1. The lowest BCUT2D eigenvalue weighted by Crippen LogP contribution is -2.34. The standard InChI is InChI=1S/C25H30F5N5O5.C4H10/c1-15(2)39-24(38)33-20-8-10-34(23(37)21(20)27)9-7-18(26)14-35(31)13-16(3)22(36)32-12-17-5-4-6-19(11-17)40-25(28,29)30;1-3-4-2/h4-6,8,10-11,13,15,18H,7,9,12,14,31H2,1-3H3,(H,32,36)(H,33,38);3-4H2,1-2H3/b16-13+;. The predicted molar refractivity (Wildman–Crippen MR) is 156 cm³/mol. The molecule has 2 rings (SSSR count). The van der Waals surface area contributed by atoms with Gasteiger partial charge in [0.15, 0.2) is 0 Å². The average Bonchev–Trinajstić information content (AvgIpc) is 2.92. The molecule has 10 nitrogen and oxygen atoms in total. The van der Waals surface area contributed by atoms with Crippen molar-refractivity contribution in [2.45, 2.75) is 85.6 Å². The van der Waals surface area contributed by atoms with Crippen molar-refractivity contribution in [3.05, 3.63) is 70.0 Å². The maximum Gasteiger partial charge on any atom is 0.573 e. The molecule has 1 unspecified atom stereocenters. The van der Waals surface area contributed by atoms with E-state index in [2.05, 4.69) is 29.2 Å². The zero-order chi connectivity index (χ0) is 33.4. The lowest BCUT2D eigenvalue weighted by atomic mass is 10.2. The van der Waals surface area contributed by atoms with Crippen LogP contribution >= 0.6 is 0 Å². The molecule has 0 fully saturated rings. The van der Waals surface area contributed by atoms with Crippen LogP contribution in [0.15, 0.2) is 53.1 Å². The van der Waals surface area contributed by atoms with Gasteiger partial charge in [0.05, 0.1) is 18.3 Å². The minimum Gasteiger partial charge on any atom is -0.447 e. The summed E-state index contributed by atoms with van der Waals surface area (Å²) in [7, 11) is 0. The van der Waals surface area contributed by atoms with Gasteiger partial charge in [0.2, 0.25) is 11.7 Å². The summed E-state index contributed by atoms with van der Waals surface area (Å²) in [6.45, 7) is 8.30. The first-order chi connectivity index (χ1) is 20.6. The number of benzene rings is 1. The fraction of sp³-hybridized carbons (Fsp3) is 0.483. The summed E-state index contributed by atoms with van der Waals surface area (Å²) >= 11 is 0. The number of rotatable bonds is 13. The van der Waals surface area contributed by atoms with Gasteiger partial charge in [0, 0.05) is 31.1 Å².